The minimum absolute atomic E-state index is 0.132. The zero-order chi connectivity index (χ0) is 9.26. The van der Waals surface area contributed by atoms with Crippen molar-refractivity contribution in [3.8, 4) is 0 Å². The molecule has 2 nitrogen and oxygen atoms in total. The summed E-state index contributed by atoms with van der Waals surface area (Å²) in [5.41, 5.74) is 1.16. The molecule has 1 aliphatic rings. The van der Waals surface area contributed by atoms with Crippen molar-refractivity contribution >= 4 is 11.6 Å². The van der Waals surface area contributed by atoms with Crippen molar-refractivity contribution in [1.29, 1.82) is 0 Å². The van der Waals surface area contributed by atoms with Gasteiger partial charge in [0, 0.05) is 18.3 Å². The summed E-state index contributed by atoms with van der Waals surface area (Å²) in [4.78, 5) is 0. The Hall–Kier alpha value is -0.500. The van der Waals surface area contributed by atoms with Crippen LogP contribution in [0.2, 0.25) is 0 Å². The summed E-state index contributed by atoms with van der Waals surface area (Å²) in [5.74, 6) is 0.878. The highest BCUT2D eigenvalue weighted by molar-refractivity contribution is 6.20. The summed E-state index contributed by atoms with van der Waals surface area (Å²) in [6.45, 7) is 3.17. The summed E-state index contributed by atoms with van der Waals surface area (Å²) in [5, 5.41) is 4.43. The molecule has 3 heteroatoms. The van der Waals surface area contributed by atoms with Crippen LogP contribution < -0.4 is 0 Å². The van der Waals surface area contributed by atoms with Crippen LogP contribution in [0.3, 0.4) is 0 Å². The molecule has 0 saturated heterocycles. The van der Waals surface area contributed by atoms with Gasteiger partial charge in [-0.2, -0.15) is 5.10 Å². The zero-order valence-electron chi connectivity index (χ0n) is 7.91. The Morgan fingerprint density at radius 1 is 1.69 bits per heavy atom. The van der Waals surface area contributed by atoms with Crippen LogP contribution in [0, 0.1) is 5.92 Å². The summed E-state index contributed by atoms with van der Waals surface area (Å²) in [6.07, 6.45) is 7.68. The second-order valence-corrected chi connectivity index (χ2v) is 4.34. The van der Waals surface area contributed by atoms with E-state index in [4.69, 9.17) is 11.6 Å². The molecule has 1 aliphatic carbocycles. The number of halogens is 1. The average Bonchev–Trinajstić information content (AvgIpc) is 2.81. The van der Waals surface area contributed by atoms with E-state index in [0.29, 0.717) is 0 Å². The van der Waals surface area contributed by atoms with E-state index in [9.17, 15) is 0 Å². The van der Waals surface area contributed by atoms with Gasteiger partial charge in [-0.25, -0.2) is 0 Å². The van der Waals surface area contributed by atoms with Crippen molar-refractivity contribution in [2.75, 3.05) is 0 Å². The Kier molecular flexibility index (Phi) is 2.58. The van der Waals surface area contributed by atoms with Crippen molar-refractivity contribution in [2.24, 2.45) is 5.92 Å². The second kappa shape index (κ2) is 3.70. The minimum Gasteiger partial charge on any atom is -0.272 e. The lowest BCUT2D eigenvalue weighted by atomic mass is 10.2. The Morgan fingerprint density at radius 2 is 2.46 bits per heavy atom. The largest absolute Gasteiger partial charge is 0.272 e. The lowest BCUT2D eigenvalue weighted by Crippen LogP contribution is -1.99. The third-order valence-corrected chi connectivity index (χ3v) is 3.08. The lowest BCUT2D eigenvalue weighted by molar-refractivity contribution is 0.562. The van der Waals surface area contributed by atoms with E-state index in [1.807, 2.05) is 10.9 Å². The van der Waals surface area contributed by atoms with Crippen LogP contribution in [0.5, 0.6) is 0 Å². The SMILES string of the molecule is CCC(Cl)c1cnn(CC2CC2)c1. The molecular formula is C10H15ClN2. The Balaban J connectivity index is 1.99. The molecule has 1 fully saturated rings. The first-order valence-corrected chi connectivity index (χ1v) is 5.39. The van der Waals surface area contributed by atoms with E-state index in [2.05, 4.69) is 18.2 Å². The van der Waals surface area contributed by atoms with Crippen LogP contribution >= 0.6 is 11.6 Å². The van der Waals surface area contributed by atoms with Gasteiger partial charge < -0.3 is 0 Å². The highest BCUT2D eigenvalue weighted by Gasteiger charge is 2.22. The van der Waals surface area contributed by atoms with Crippen molar-refractivity contribution in [3.05, 3.63) is 18.0 Å². The predicted molar refractivity (Wildman–Crippen MR) is 53.8 cm³/mol. The van der Waals surface area contributed by atoms with Gasteiger partial charge in [-0.3, -0.25) is 4.68 Å². The van der Waals surface area contributed by atoms with Gasteiger partial charge in [-0.1, -0.05) is 6.92 Å². The van der Waals surface area contributed by atoms with Crippen LogP contribution in [0.1, 0.15) is 37.1 Å². The van der Waals surface area contributed by atoms with Gasteiger partial charge in [0.15, 0.2) is 0 Å². The maximum absolute atomic E-state index is 6.10. The third kappa shape index (κ3) is 2.25. The van der Waals surface area contributed by atoms with E-state index >= 15 is 0 Å². The normalized spacial score (nSPS) is 18.9. The van der Waals surface area contributed by atoms with Gasteiger partial charge in [0.2, 0.25) is 0 Å². The van der Waals surface area contributed by atoms with Crippen molar-refractivity contribution in [1.82, 2.24) is 9.78 Å². The standard InChI is InChI=1S/C10H15ClN2/c1-2-10(11)9-5-12-13(7-9)6-8-3-4-8/h5,7-8,10H,2-4,6H2,1H3. The fourth-order valence-corrected chi connectivity index (χ4v) is 1.55. The number of aromatic nitrogens is 2. The summed E-state index contributed by atoms with van der Waals surface area (Å²) < 4.78 is 2.03. The summed E-state index contributed by atoms with van der Waals surface area (Å²) in [6, 6.07) is 0. The van der Waals surface area contributed by atoms with E-state index < -0.39 is 0 Å². The van der Waals surface area contributed by atoms with Crippen molar-refractivity contribution in [2.45, 2.75) is 38.1 Å². The highest BCUT2D eigenvalue weighted by Crippen LogP contribution is 2.31. The lowest BCUT2D eigenvalue weighted by Gasteiger charge is -2.01. The number of hydrogen-bond donors (Lipinski definition) is 0. The smallest absolute Gasteiger partial charge is 0.0613 e. The molecule has 0 bridgehead atoms. The minimum atomic E-state index is 0.132. The zero-order valence-corrected chi connectivity index (χ0v) is 8.67. The molecule has 0 aromatic carbocycles. The molecule has 1 saturated carbocycles. The molecule has 0 aliphatic heterocycles. The summed E-state index contributed by atoms with van der Waals surface area (Å²) >= 11 is 6.10. The molecule has 0 spiro atoms. The van der Waals surface area contributed by atoms with Crippen LogP contribution in [-0.2, 0) is 6.54 Å². The Morgan fingerprint density at radius 3 is 3.08 bits per heavy atom. The van der Waals surface area contributed by atoms with E-state index in [0.717, 1.165) is 24.4 Å². The maximum atomic E-state index is 6.10. The number of rotatable bonds is 4. The fourth-order valence-electron chi connectivity index (χ4n) is 1.44. The summed E-state index contributed by atoms with van der Waals surface area (Å²) in [7, 11) is 0. The topological polar surface area (TPSA) is 17.8 Å². The van der Waals surface area contributed by atoms with Gasteiger partial charge in [-0.05, 0) is 25.2 Å². The van der Waals surface area contributed by atoms with Crippen molar-refractivity contribution in [3.63, 3.8) is 0 Å². The molecule has 2 rings (SSSR count). The van der Waals surface area contributed by atoms with Gasteiger partial charge >= 0.3 is 0 Å². The van der Waals surface area contributed by atoms with Crippen LogP contribution in [0.4, 0.5) is 0 Å². The molecule has 0 N–H and O–H groups in total. The van der Waals surface area contributed by atoms with Gasteiger partial charge in [0.1, 0.15) is 0 Å². The number of alkyl halides is 1. The molecule has 1 atom stereocenters. The second-order valence-electron chi connectivity index (χ2n) is 3.81. The Bertz CT molecular complexity index is 278. The monoisotopic (exact) mass is 198 g/mol. The molecule has 0 radical (unpaired) electrons. The van der Waals surface area contributed by atoms with Gasteiger partial charge in [-0.15, -0.1) is 11.6 Å². The third-order valence-electron chi connectivity index (χ3n) is 2.52. The molecule has 13 heavy (non-hydrogen) atoms. The first-order chi connectivity index (χ1) is 6.29. The first-order valence-electron chi connectivity index (χ1n) is 4.96. The molecule has 0 amide bonds. The maximum Gasteiger partial charge on any atom is 0.0613 e. The Labute approximate surface area is 83.9 Å². The number of hydrogen-bond acceptors (Lipinski definition) is 1. The van der Waals surface area contributed by atoms with Gasteiger partial charge in [0.25, 0.3) is 0 Å². The van der Waals surface area contributed by atoms with Crippen LogP contribution in [0.25, 0.3) is 0 Å². The number of nitrogens with zero attached hydrogens (tertiary/aromatic N) is 2. The molecule has 72 valence electrons. The molecule has 1 aromatic heterocycles. The first kappa shape index (κ1) is 9.07. The molecular weight excluding hydrogens is 184 g/mol. The molecule has 1 unspecified atom stereocenters. The van der Waals surface area contributed by atoms with Crippen LogP contribution in [-0.4, -0.2) is 9.78 Å². The average molecular weight is 199 g/mol. The molecule has 1 heterocycles. The van der Waals surface area contributed by atoms with Crippen LogP contribution in [0.15, 0.2) is 12.4 Å². The van der Waals surface area contributed by atoms with E-state index in [1.54, 1.807) is 0 Å². The van der Waals surface area contributed by atoms with Crippen molar-refractivity contribution < 1.29 is 0 Å². The van der Waals surface area contributed by atoms with E-state index in [-0.39, 0.29) is 5.38 Å². The van der Waals surface area contributed by atoms with Gasteiger partial charge in [0.05, 0.1) is 11.6 Å². The van der Waals surface area contributed by atoms with E-state index in [1.165, 1.54) is 12.8 Å². The quantitative estimate of drug-likeness (QED) is 0.681. The fraction of sp³-hybridized carbons (Fsp3) is 0.700. The highest BCUT2D eigenvalue weighted by atomic mass is 35.5. The predicted octanol–water partition coefficient (Wildman–Crippen LogP) is 2.98. The molecule has 1 aromatic rings.